The Balaban J connectivity index is 0.00000342. The molecule has 3 aliphatic rings. The molecular weight excluding hydrogens is 476 g/mol. The van der Waals surface area contributed by atoms with Gasteiger partial charge in [-0.25, -0.2) is 14.4 Å². The molecule has 37 heavy (non-hydrogen) atoms. The zero-order valence-corrected chi connectivity index (χ0v) is 21.2. The number of hydrogen-bond acceptors (Lipinski definition) is 7. The van der Waals surface area contributed by atoms with E-state index in [1.165, 1.54) is 6.42 Å². The normalized spacial score (nSPS) is 28.4. The summed E-state index contributed by atoms with van der Waals surface area (Å²) in [5.41, 5.74) is 0.320. The van der Waals surface area contributed by atoms with Crippen LogP contribution in [0.4, 0.5) is 9.59 Å². The van der Waals surface area contributed by atoms with Crippen LogP contribution in [-0.4, -0.2) is 62.3 Å². The number of alkyl carbamates (subject to hydrolysis) is 2. The Morgan fingerprint density at radius 3 is 1.73 bits per heavy atom. The summed E-state index contributed by atoms with van der Waals surface area (Å²) in [7, 11) is 0. The van der Waals surface area contributed by atoms with Crippen LogP contribution in [-0.2, 0) is 23.7 Å². The molecule has 2 atom stereocenters. The lowest BCUT2D eigenvalue weighted by Crippen LogP contribution is -2.39. The van der Waals surface area contributed by atoms with Gasteiger partial charge in [0.25, 0.3) is 0 Å². The van der Waals surface area contributed by atoms with E-state index in [1.807, 2.05) is 0 Å². The number of nitrogens with one attached hydrogen (secondary N) is 2. The van der Waals surface area contributed by atoms with Crippen LogP contribution in [0.2, 0.25) is 0 Å². The standard InChI is InChI=1S/C26H42N2O7.2CH4/c1-4-22-23(35-22)16-34-26(31)28-21-11-7-19(8-12-21)15-18-5-9-20(10-6-18)27-25(30)33-14-13-32-24(29)17(2)3;;/h18-23H,2,4-16H2,1,3H3,(H,27,30)(H,28,31);2*1H4. The fraction of sp³-hybridized carbons (Fsp3) is 0.821. The van der Waals surface area contributed by atoms with E-state index in [9.17, 15) is 14.4 Å². The van der Waals surface area contributed by atoms with Crippen molar-refractivity contribution in [3.63, 3.8) is 0 Å². The van der Waals surface area contributed by atoms with E-state index >= 15 is 0 Å². The SMILES string of the molecule is C.C.C=C(C)C(=O)OCCOC(=O)NC1CCC(CC2CCC(NC(=O)OCC3OC3CC)CC2)CC1. The van der Waals surface area contributed by atoms with Gasteiger partial charge in [-0.15, -0.1) is 0 Å². The maximum atomic E-state index is 12.0. The topological polar surface area (TPSA) is 115 Å². The first-order valence-corrected chi connectivity index (χ1v) is 13.2. The Morgan fingerprint density at radius 2 is 1.27 bits per heavy atom. The number of hydrogen-bond donors (Lipinski definition) is 2. The summed E-state index contributed by atoms with van der Waals surface area (Å²) in [4.78, 5) is 35.3. The van der Waals surface area contributed by atoms with E-state index in [2.05, 4.69) is 24.1 Å². The smallest absolute Gasteiger partial charge is 0.407 e. The molecule has 0 radical (unpaired) electrons. The van der Waals surface area contributed by atoms with Crippen molar-refractivity contribution in [1.29, 1.82) is 0 Å². The van der Waals surface area contributed by atoms with E-state index in [0.29, 0.717) is 24.0 Å². The Kier molecular flexibility index (Phi) is 14.6. The second kappa shape index (κ2) is 16.5. The third-order valence-electron chi connectivity index (χ3n) is 7.37. The summed E-state index contributed by atoms with van der Waals surface area (Å²) in [5, 5.41) is 5.94. The maximum Gasteiger partial charge on any atom is 0.407 e. The Bertz CT molecular complexity index is 728. The Hall–Kier alpha value is -2.29. The van der Waals surface area contributed by atoms with Crippen molar-refractivity contribution >= 4 is 18.2 Å². The van der Waals surface area contributed by atoms with Crippen LogP contribution >= 0.6 is 0 Å². The number of epoxide rings is 1. The monoisotopic (exact) mass is 526 g/mol. The van der Waals surface area contributed by atoms with Crippen molar-refractivity contribution in [3.8, 4) is 0 Å². The third-order valence-corrected chi connectivity index (χ3v) is 7.37. The molecule has 2 N–H and O–H groups in total. The van der Waals surface area contributed by atoms with Crippen LogP contribution in [0.1, 0.15) is 92.9 Å². The van der Waals surface area contributed by atoms with Crippen molar-refractivity contribution in [2.45, 2.75) is 117 Å². The lowest BCUT2D eigenvalue weighted by Gasteiger charge is -2.34. The van der Waals surface area contributed by atoms with Gasteiger partial charge in [0.1, 0.15) is 25.9 Å². The van der Waals surface area contributed by atoms with E-state index in [1.54, 1.807) is 6.92 Å². The first-order chi connectivity index (χ1) is 16.8. The van der Waals surface area contributed by atoms with Gasteiger partial charge in [-0.2, -0.15) is 0 Å². The average Bonchev–Trinajstić information content (AvgIpc) is 3.61. The molecule has 1 heterocycles. The first kappa shape index (κ1) is 32.7. The molecule has 2 saturated carbocycles. The maximum absolute atomic E-state index is 12.0. The van der Waals surface area contributed by atoms with Gasteiger partial charge in [0.15, 0.2) is 0 Å². The highest BCUT2D eigenvalue weighted by atomic mass is 16.6. The number of ether oxygens (including phenoxy) is 4. The van der Waals surface area contributed by atoms with Gasteiger partial charge >= 0.3 is 18.2 Å². The lowest BCUT2D eigenvalue weighted by atomic mass is 9.76. The number of carbonyl (C=O) groups is 3. The van der Waals surface area contributed by atoms with E-state index in [-0.39, 0.29) is 58.5 Å². The van der Waals surface area contributed by atoms with Crippen molar-refractivity contribution in [2.75, 3.05) is 19.8 Å². The summed E-state index contributed by atoms with van der Waals surface area (Å²) in [6.07, 6.45) is 10.1. The highest BCUT2D eigenvalue weighted by Gasteiger charge is 2.38. The Morgan fingerprint density at radius 1 is 0.784 bits per heavy atom. The van der Waals surface area contributed by atoms with E-state index < -0.39 is 12.1 Å². The fourth-order valence-electron chi connectivity index (χ4n) is 5.21. The van der Waals surface area contributed by atoms with Crippen LogP contribution in [0.3, 0.4) is 0 Å². The fourth-order valence-corrected chi connectivity index (χ4v) is 5.21. The first-order valence-electron chi connectivity index (χ1n) is 13.2. The van der Waals surface area contributed by atoms with Gasteiger partial charge < -0.3 is 29.6 Å². The summed E-state index contributed by atoms with van der Waals surface area (Å²) in [6.45, 7) is 7.55. The second-order valence-corrected chi connectivity index (χ2v) is 10.2. The van der Waals surface area contributed by atoms with Crippen LogP contribution < -0.4 is 10.6 Å². The summed E-state index contributed by atoms with van der Waals surface area (Å²) >= 11 is 0. The van der Waals surface area contributed by atoms with Crippen LogP contribution in [0.25, 0.3) is 0 Å². The van der Waals surface area contributed by atoms with Gasteiger partial charge in [-0.05, 0) is 83.0 Å². The lowest BCUT2D eigenvalue weighted by molar-refractivity contribution is -0.139. The van der Waals surface area contributed by atoms with Crippen LogP contribution in [0.15, 0.2) is 12.2 Å². The molecule has 0 bridgehead atoms. The molecule has 1 aliphatic heterocycles. The van der Waals surface area contributed by atoms with Gasteiger partial charge in [0.2, 0.25) is 0 Å². The average molecular weight is 527 g/mol. The molecule has 2 aliphatic carbocycles. The number of amides is 2. The molecule has 0 aromatic carbocycles. The summed E-state index contributed by atoms with van der Waals surface area (Å²) < 4.78 is 20.7. The van der Waals surface area contributed by atoms with Crippen molar-refractivity contribution in [1.82, 2.24) is 10.6 Å². The van der Waals surface area contributed by atoms with Crippen LogP contribution in [0, 0.1) is 11.8 Å². The molecule has 1 saturated heterocycles. The zero-order chi connectivity index (χ0) is 25.2. The predicted octanol–water partition coefficient (Wildman–Crippen LogP) is 5.52. The minimum absolute atomic E-state index is 0. The molecule has 3 rings (SSSR count). The molecule has 2 unspecified atom stereocenters. The zero-order valence-electron chi connectivity index (χ0n) is 21.2. The number of rotatable bonds is 11. The van der Waals surface area contributed by atoms with Crippen molar-refractivity contribution < 1.29 is 33.3 Å². The minimum atomic E-state index is -0.482. The molecule has 9 nitrogen and oxygen atoms in total. The molecule has 0 spiro atoms. The molecule has 214 valence electrons. The highest BCUT2D eigenvalue weighted by molar-refractivity contribution is 5.86. The van der Waals surface area contributed by atoms with Crippen molar-refractivity contribution in [3.05, 3.63) is 12.2 Å². The summed E-state index contributed by atoms with van der Waals surface area (Å²) in [5.74, 6) is 0.912. The Labute approximate surface area is 223 Å². The quantitative estimate of drug-likeness (QED) is 0.120. The molecule has 2 amide bonds. The number of carbonyl (C=O) groups excluding carboxylic acids is 3. The molecule has 0 aromatic heterocycles. The molecule has 0 aromatic rings. The predicted molar refractivity (Wildman–Crippen MR) is 143 cm³/mol. The van der Waals surface area contributed by atoms with Crippen molar-refractivity contribution in [2.24, 2.45) is 11.8 Å². The van der Waals surface area contributed by atoms with E-state index in [4.69, 9.17) is 18.9 Å². The highest BCUT2D eigenvalue weighted by Crippen LogP contribution is 2.35. The van der Waals surface area contributed by atoms with Gasteiger partial charge in [0, 0.05) is 17.7 Å². The van der Waals surface area contributed by atoms with E-state index in [0.717, 1.165) is 57.8 Å². The molecular formula is C28H50N2O7. The van der Waals surface area contributed by atoms with Gasteiger partial charge in [-0.1, -0.05) is 28.4 Å². The largest absolute Gasteiger partial charge is 0.459 e. The minimum Gasteiger partial charge on any atom is -0.459 e. The molecule has 3 fully saturated rings. The van der Waals surface area contributed by atoms with Gasteiger partial charge in [-0.3, -0.25) is 0 Å². The third kappa shape index (κ3) is 11.8. The number of esters is 1. The van der Waals surface area contributed by atoms with Gasteiger partial charge in [0.05, 0.1) is 6.10 Å². The molecule has 9 heteroatoms. The van der Waals surface area contributed by atoms with Crippen LogP contribution in [0.5, 0.6) is 0 Å². The summed E-state index contributed by atoms with van der Waals surface area (Å²) in [6, 6.07) is 0.340. The second-order valence-electron chi connectivity index (χ2n) is 10.2.